The van der Waals surface area contributed by atoms with Crippen LogP contribution in [0.25, 0.3) is 11.2 Å². The predicted octanol–water partition coefficient (Wildman–Crippen LogP) is 0.657. The van der Waals surface area contributed by atoms with Gasteiger partial charge in [-0.25, -0.2) is 24.5 Å². The molecule has 3 aromatic rings. The molecule has 2 aliphatic heterocycles. The van der Waals surface area contributed by atoms with Crippen LogP contribution in [0.3, 0.4) is 0 Å². The maximum atomic E-state index is 12.5. The number of nitrogen functional groups attached to an aromatic ring is 1. The van der Waals surface area contributed by atoms with Gasteiger partial charge < -0.3 is 40.7 Å². The van der Waals surface area contributed by atoms with E-state index in [0.717, 1.165) is 12.8 Å². The first-order valence-corrected chi connectivity index (χ1v) is 14.3. The van der Waals surface area contributed by atoms with Gasteiger partial charge in [-0.1, -0.05) is 5.92 Å². The minimum absolute atomic E-state index is 0.0677. The second-order valence-electron chi connectivity index (χ2n) is 11.1. The summed E-state index contributed by atoms with van der Waals surface area (Å²) in [6.45, 7) is 0.977. The summed E-state index contributed by atoms with van der Waals surface area (Å²) in [7, 11) is 0. The maximum Gasteiger partial charge on any atom is 0.415 e. The van der Waals surface area contributed by atoms with Crippen LogP contribution < -0.4 is 15.8 Å². The number of aromatic carboxylic acids is 1. The first-order valence-electron chi connectivity index (χ1n) is 14.3. The number of imidazole rings is 1. The fourth-order valence-electron chi connectivity index (χ4n) is 5.22. The number of hydrogen-bond acceptors (Lipinski definition) is 11. The Bertz CT molecular complexity index is 1640. The summed E-state index contributed by atoms with van der Waals surface area (Å²) in [6, 6.07) is 5.71. The zero-order valence-corrected chi connectivity index (χ0v) is 23.5. The lowest BCUT2D eigenvalue weighted by Gasteiger charge is -2.30. The molecule has 3 fully saturated rings. The van der Waals surface area contributed by atoms with E-state index in [1.165, 1.54) is 35.2 Å². The van der Waals surface area contributed by atoms with Crippen LogP contribution >= 0.6 is 0 Å². The molecule has 6 N–H and O–H groups in total. The zero-order valence-electron chi connectivity index (χ0n) is 23.5. The number of fused-ring (bicyclic) bond motifs is 1. The summed E-state index contributed by atoms with van der Waals surface area (Å²) in [4.78, 5) is 50.5. The smallest absolute Gasteiger partial charge is 0.415 e. The van der Waals surface area contributed by atoms with Crippen molar-refractivity contribution in [3.63, 3.8) is 0 Å². The highest BCUT2D eigenvalue weighted by Gasteiger charge is 2.48. The van der Waals surface area contributed by atoms with Crippen molar-refractivity contribution >= 4 is 35.0 Å². The Kier molecular flexibility index (Phi) is 8.04. The molecule has 230 valence electrons. The molecule has 15 heteroatoms. The van der Waals surface area contributed by atoms with E-state index in [2.05, 4.69) is 32.1 Å². The molecule has 6 rings (SSSR count). The number of benzene rings is 1. The molecule has 4 heterocycles. The number of likely N-dealkylation sites (tertiary alicyclic amines) is 1. The molecule has 1 saturated carbocycles. The van der Waals surface area contributed by atoms with Crippen LogP contribution in [-0.2, 0) is 9.53 Å². The number of carboxylic acid groups (broad SMARTS) is 1. The van der Waals surface area contributed by atoms with Crippen molar-refractivity contribution < 1.29 is 39.2 Å². The van der Waals surface area contributed by atoms with Gasteiger partial charge in [0, 0.05) is 25.6 Å². The monoisotopic (exact) mass is 605 g/mol. The molecule has 1 aliphatic carbocycles. The molecular weight excluding hydrogens is 574 g/mol. The Labute approximate surface area is 251 Å². The summed E-state index contributed by atoms with van der Waals surface area (Å²) < 4.78 is 12.5. The van der Waals surface area contributed by atoms with Gasteiger partial charge in [0.15, 0.2) is 23.8 Å². The summed E-state index contributed by atoms with van der Waals surface area (Å²) in [5.41, 5.74) is 6.73. The number of carbonyl (C=O) groups excluding carboxylic acids is 2. The molecule has 15 nitrogen and oxygen atoms in total. The second-order valence-corrected chi connectivity index (χ2v) is 11.1. The average Bonchev–Trinajstić information content (AvgIpc) is 3.64. The van der Waals surface area contributed by atoms with Gasteiger partial charge in [0.05, 0.1) is 11.9 Å². The van der Waals surface area contributed by atoms with Crippen LogP contribution in [0.1, 0.15) is 54.5 Å². The number of ether oxygens (including phenoxy) is 2. The molecule has 1 unspecified atom stereocenters. The highest BCUT2D eigenvalue weighted by molar-refractivity contribution is 5.87. The first-order chi connectivity index (χ1) is 21.2. The van der Waals surface area contributed by atoms with Crippen molar-refractivity contribution in [2.45, 2.75) is 62.7 Å². The Balaban J connectivity index is 1.06. The van der Waals surface area contributed by atoms with Crippen molar-refractivity contribution in [1.29, 1.82) is 0 Å². The van der Waals surface area contributed by atoms with E-state index in [0.29, 0.717) is 32.4 Å². The third-order valence-electron chi connectivity index (χ3n) is 7.91. The molecule has 0 radical (unpaired) electrons. The van der Waals surface area contributed by atoms with Crippen molar-refractivity contribution in [2.75, 3.05) is 18.8 Å². The lowest BCUT2D eigenvalue weighted by Crippen LogP contribution is -2.43. The van der Waals surface area contributed by atoms with E-state index >= 15 is 0 Å². The number of piperidine rings is 1. The third-order valence-corrected chi connectivity index (χ3v) is 7.91. The van der Waals surface area contributed by atoms with Gasteiger partial charge in [-0.2, -0.15) is 0 Å². The summed E-state index contributed by atoms with van der Waals surface area (Å²) in [5, 5.41) is 32.9. The molecule has 0 bridgehead atoms. The number of nitrogens with zero attached hydrogens (tertiary/aromatic N) is 5. The number of anilines is 1. The van der Waals surface area contributed by atoms with Crippen LogP contribution in [0.2, 0.25) is 0 Å². The van der Waals surface area contributed by atoms with Crippen LogP contribution in [-0.4, -0.2) is 95.2 Å². The first kappa shape index (κ1) is 29.3. The van der Waals surface area contributed by atoms with Crippen molar-refractivity contribution in [2.24, 2.45) is 5.92 Å². The topological polar surface area (TPSA) is 215 Å². The van der Waals surface area contributed by atoms with Crippen LogP contribution in [0.4, 0.5) is 10.6 Å². The molecule has 3 aliphatic rings. The standard InChI is InChI=1S/C29H31N7O8/c30-24-20-25(36(14-31-20)27-22(38)21(37)23(44-27)26(39)32-17-6-7-17)34-19(33-24)3-1-2-15-10-12-35(13-11-15)29(42)43-18-8-4-16(5-9-18)28(40)41/h4-5,8-9,14-15,17,21-23,27,37-38H,2,6-7,10-13H2,(H,32,39)(H,40,41)(H2,30,33,34)/t21-,22?,23+,27-/m1/s1. The number of nitrogens with two attached hydrogens (primary N) is 1. The number of rotatable bonds is 6. The number of nitrogens with one attached hydrogen (secondary N) is 1. The number of aromatic nitrogens is 4. The zero-order chi connectivity index (χ0) is 31.0. The average molecular weight is 606 g/mol. The minimum atomic E-state index is -1.44. The van der Waals surface area contributed by atoms with E-state index in [-0.39, 0.29) is 46.1 Å². The van der Waals surface area contributed by atoms with Gasteiger partial charge in [0.2, 0.25) is 5.82 Å². The van der Waals surface area contributed by atoms with E-state index in [1.807, 2.05) is 0 Å². The Morgan fingerprint density at radius 1 is 1.07 bits per heavy atom. The van der Waals surface area contributed by atoms with Gasteiger partial charge in [0.25, 0.3) is 5.91 Å². The lowest BCUT2D eigenvalue weighted by atomic mass is 9.94. The van der Waals surface area contributed by atoms with E-state index in [1.54, 1.807) is 4.90 Å². The van der Waals surface area contributed by atoms with Crippen molar-refractivity contribution in [3.05, 3.63) is 42.0 Å². The fourth-order valence-corrected chi connectivity index (χ4v) is 5.22. The van der Waals surface area contributed by atoms with Crippen LogP contribution in [0.5, 0.6) is 5.75 Å². The number of aliphatic hydroxyl groups excluding tert-OH is 2. The second kappa shape index (κ2) is 12.1. The predicted molar refractivity (Wildman–Crippen MR) is 152 cm³/mol. The van der Waals surface area contributed by atoms with Gasteiger partial charge in [-0.05, 0) is 61.8 Å². The summed E-state index contributed by atoms with van der Waals surface area (Å²) in [5.74, 6) is 5.20. The number of amides is 2. The molecule has 4 atom stereocenters. The van der Waals surface area contributed by atoms with Gasteiger partial charge in [-0.3, -0.25) is 9.36 Å². The number of carbonyl (C=O) groups is 3. The Hall–Kier alpha value is -4.78. The molecular formula is C29H31N7O8. The SMILES string of the molecule is Nc1nc(C#CCC2CCN(C(=O)Oc3ccc(C(=O)O)cc3)CC2)nc2c1ncn2[C@@H]1O[C@H](C(=O)NC2CC2)[C@H](O)C1O. The molecule has 1 aromatic carbocycles. The number of carboxylic acids is 1. The van der Waals surface area contributed by atoms with E-state index in [9.17, 15) is 24.6 Å². The highest BCUT2D eigenvalue weighted by atomic mass is 16.6. The molecule has 44 heavy (non-hydrogen) atoms. The minimum Gasteiger partial charge on any atom is -0.478 e. The number of hydrogen-bond donors (Lipinski definition) is 5. The quantitative estimate of drug-likeness (QED) is 0.245. The highest BCUT2D eigenvalue weighted by Crippen LogP contribution is 2.33. The third kappa shape index (κ3) is 6.13. The molecule has 2 aromatic heterocycles. The largest absolute Gasteiger partial charge is 0.478 e. The maximum absolute atomic E-state index is 12.5. The van der Waals surface area contributed by atoms with Gasteiger partial charge in [-0.15, -0.1) is 0 Å². The number of aliphatic hydroxyl groups is 2. The Morgan fingerprint density at radius 3 is 2.48 bits per heavy atom. The molecule has 0 spiro atoms. The normalized spacial score (nSPS) is 23.6. The van der Waals surface area contributed by atoms with Gasteiger partial charge >= 0.3 is 12.1 Å². The van der Waals surface area contributed by atoms with E-state index < -0.39 is 42.5 Å². The fraction of sp³-hybridized carbons (Fsp3) is 0.448. The van der Waals surface area contributed by atoms with Crippen LogP contribution in [0, 0.1) is 17.8 Å². The molecule has 2 amide bonds. The summed E-state index contributed by atoms with van der Waals surface area (Å²) >= 11 is 0. The van der Waals surface area contributed by atoms with Crippen molar-refractivity contribution in [3.8, 4) is 17.6 Å². The van der Waals surface area contributed by atoms with Crippen molar-refractivity contribution in [1.82, 2.24) is 29.7 Å². The Morgan fingerprint density at radius 2 is 1.80 bits per heavy atom. The van der Waals surface area contributed by atoms with E-state index in [4.69, 9.17) is 20.3 Å². The lowest BCUT2D eigenvalue weighted by molar-refractivity contribution is -0.137. The van der Waals surface area contributed by atoms with Crippen LogP contribution in [0.15, 0.2) is 30.6 Å². The summed E-state index contributed by atoms with van der Waals surface area (Å²) in [6.07, 6.45) is -0.647. The van der Waals surface area contributed by atoms with Gasteiger partial charge in [0.1, 0.15) is 23.5 Å². The molecule has 2 saturated heterocycles.